The van der Waals surface area contributed by atoms with Gasteiger partial charge in [-0.15, -0.1) is 0 Å². The van der Waals surface area contributed by atoms with Gasteiger partial charge in [0.2, 0.25) is 0 Å². The molecule has 0 amide bonds. The Morgan fingerprint density at radius 1 is 1.31 bits per heavy atom. The second-order valence-corrected chi connectivity index (χ2v) is 2.35. The van der Waals surface area contributed by atoms with Crippen LogP contribution >= 0.6 is 0 Å². The van der Waals surface area contributed by atoms with Gasteiger partial charge in [0.1, 0.15) is 11.4 Å². The van der Waals surface area contributed by atoms with E-state index in [1.54, 1.807) is 18.6 Å². The van der Waals surface area contributed by atoms with E-state index in [-0.39, 0.29) is 6.54 Å². The third-order valence-electron chi connectivity index (χ3n) is 1.56. The summed E-state index contributed by atoms with van der Waals surface area (Å²) in [4.78, 5) is 7.95. The molecule has 0 unspecified atom stereocenters. The zero-order valence-corrected chi connectivity index (χ0v) is 6.71. The van der Waals surface area contributed by atoms with Crippen LogP contribution in [0.1, 0.15) is 5.69 Å². The first-order valence-electron chi connectivity index (χ1n) is 3.69. The second kappa shape index (κ2) is 3.28. The number of aromatic nitrogens is 4. The first-order valence-corrected chi connectivity index (χ1v) is 3.69. The Kier molecular flexibility index (Phi) is 1.97. The summed E-state index contributed by atoms with van der Waals surface area (Å²) >= 11 is 0. The molecule has 2 N–H and O–H groups in total. The normalized spacial score (nSPS) is 10.2. The van der Waals surface area contributed by atoms with Gasteiger partial charge in [0.15, 0.2) is 5.69 Å². The molecular formula is C7H7N5O. The summed E-state index contributed by atoms with van der Waals surface area (Å²) in [6, 6.07) is 0. The molecule has 0 aliphatic rings. The van der Waals surface area contributed by atoms with Crippen molar-refractivity contribution < 1.29 is 4.63 Å². The Bertz CT molecular complexity index is 385. The Labute approximate surface area is 73.8 Å². The van der Waals surface area contributed by atoms with E-state index in [0.717, 1.165) is 0 Å². The second-order valence-electron chi connectivity index (χ2n) is 2.35. The van der Waals surface area contributed by atoms with E-state index in [9.17, 15) is 0 Å². The molecule has 0 saturated heterocycles. The number of nitrogens with zero attached hydrogens (tertiary/aromatic N) is 4. The van der Waals surface area contributed by atoms with Gasteiger partial charge in [-0.1, -0.05) is 5.16 Å². The molecular weight excluding hydrogens is 170 g/mol. The molecule has 0 fully saturated rings. The molecule has 6 nitrogen and oxygen atoms in total. The average Bonchev–Trinajstić information content (AvgIpc) is 2.67. The summed E-state index contributed by atoms with van der Waals surface area (Å²) in [6.45, 7) is 0.273. The van der Waals surface area contributed by atoms with Crippen molar-refractivity contribution in [2.75, 3.05) is 0 Å². The highest BCUT2D eigenvalue weighted by atomic mass is 16.6. The molecule has 13 heavy (non-hydrogen) atoms. The minimum absolute atomic E-state index is 0.273. The van der Waals surface area contributed by atoms with Crippen LogP contribution < -0.4 is 5.73 Å². The van der Waals surface area contributed by atoms with Crippen molar-refractivity contribution in [3.8, 4) is 11.4 Å². The molecule has 0 aliphatic heterocycles. The minimum atomic E-state index is 0.273. The number of rotatable bonds is 2. The number of hydrogen-bond donors (Lipinski definition) is 1. The molecule has 0 aliphatic carbocycles. The van der Waals surface area contributed by atoms with Crippen molar-refractivity contribution in [2.45, 2.75) is 6.54 Å². The fourth-order valence-corrected chi connectivity index (χ4v) is 0.956. The van der Waals surface area contributed by atoms with Gasteiger partial charge in [0.25, 0.3) is 0 Å². The zero-order chi connectivity index (χ0) is 9.10. The fraction of sp³-hybridized carbons (Fsp3) is 0.143. The van der Waals surface area contributed by atoms with Crippen LogP contribution in [0.3, 0.4) is 0 Å². The highest BCUT2D eigenvalue weighted by Gasteiger charge is 2.11. The highest BCUT2D eigenvalue weighted by molar-refractivity contribution is 5.54. The fourth-order valence-electron chi connectivity index (χ4n) is 0.956. The maximum Gasteiger partial charge on any atom is 0.159 e. The number of nitrogens with two attached hydrogens (primary N) is 1. The average molecular weight is 177 g/mol. The molecule has 6 heteroatoms. The Morgan fingerprint density at radius 3 is 2.92 bits per heavy atom. The van der Waals surface area contributed by atoms with Crippen LogP contribution in [0.4, 0.5) is 0 Å². The molecule has 0 radical (unpaired) electrons. The van der Waals surface area contributed by atoms with Crippen LogP contribution in [0.5, 0.6) is 0 Å². The topological polar surface area (TPSA) is 90.7 Å². The summed E-state index contributed by atoms with van der Waals surface area (Å²) in [5.74, 6) is 0. The van der Waals surface area contributed by atoms with Gasteiger partial charge >= 0.3 is 0 Å². The van der Waals surface area contributed by atoms with Gasteiger partial charge in [-0.3, -0.25) is 9.97 Å². The van der Waals surface area contributed by atoms with Crippen molar-refractivity contribution in [3.63, 3.8) is 0 Å². The van der Waals surface area contributed by atoms with Crippen LogP contribution in [0.15, 0.2) is 23.2 Å². The zero-order valence-electron chi connectivity index (χ0n) is 6.71. The van der Waals surface area contributed by atoms with Crippen molar-refractivity contribution in [3.05, 3.63) is 24.3 Å². The monoisotopic (exact) mass is 177 g/mol. The summed E-state index contributed by atoms with van der Waals surface area (Å²) in [5.41, 5.74) is 7.17. The van der Waals surface area contributed by atoms with E-state index < -0.39 is 0 Å². The molecule has 2 aromatic heterocycles. The SMILES string of the molecule is NCc1nonc1-c1cnccn1. The molecule has 0 saturated carbocycles. The van der Waals surface area contributed by atoms with E-state index in [1.165, 1.54) is 0 Å². The predicted molar refractivity (Wildman–Crippen MR) is 43.2 cm³/mol. The van der Waals surface area contributed by atoms with Crippen molar-refractivity contribution >= 4 is 0 Å². The quantitative estimate of drug-likeness (QED) is 0.693. The van der Waals surface area contributed by atoms with Gasteiger partial charge in [0, 0.05) is 18.9 Å². The lowest BCUT2D eigenvalue weighted by atomic mass is 10.2. The lowest BCUT2D eigenvalue weighted by Crippen LogP contribution is -1.99. The summed E-state index contributed by atoms with van der Waals surface area (Å²) < 4.78 is 4.54. The van der Waals surface area contributed by atoms with Gasteiger partial charge < -0.3 is 5.73 Å². The largest absolute Gasteiger partial charge is 0.325 e. The summed E-state index contributed by atoms with van der Waals surface area (Å²) in [7, 11) is 0. The molecule has 0 aromatic carbocycles. The molecule has 0 atom stereocenters. The van der Waals surface area contributed by atoms with E-state index in [1.807, 2.05) is 0 Å². The molecule has 66 valence electrons. The molecule has 0 bridgehead atoms. The van der Waals surface area contributed by atoms with E-state index in [0.29, 0.717) is 17.1 Å². The standard InChI is InChI=1S/C7H7N5O/c8-3-5-7(12-13-11-5)6-4-9-1-2-10-6/h1-2,4H,3,8H2. The Hall–Kier alpha value is -1.82. The Morgan fingerprint density at radius 2 is 2.23 bits per heavy atom. The third-order valence-corrected chi connectivity index (χ3v) is 1.56. The van der Waals surface area contributed by atoms with Crippen LogP contribution in [0, 0.1) is 0 Å². The molecule has 0 spiro atoms. The van der Waals surface area contributed by atoms with Crippen LogP contribution in [-0.4, -0.2) is 20.3 Å². The van der Waals surface area contributed by atoms with Gasteiger partial charge in [-0.25, -0.2) is 4.63 Å². The van der Waals surface area contributed by atoms with Crippen LogP contribution in [0.2, 0.25) is 0 Å². The highest BCUT2D eigenvalue weighted by Crippen LogP contribution is 2.15. The third kappa shape index (κ3) is 1.38. The van der Waals surface area contributed by atoms with Gasteiger partial charge in [-0.2, -0.15) is 0 Å². The van der Waals surface area contributed by atoms with Gasteiger partial charge in [0.05, 0.1) is 6.20 Å². The van der Waals surface area contributed by atoms with Crippen molar-refractivity contribution in [1.29, 1.82) is 0 Å². The van der Waals surface area contributed by atoms with E-state index in [2.05, 4.69) is 24.9 Å². The van der Waals surface area contributed by atoms with Crippen LogP contribution in [0.25, 0.3) is 11.4 Å². The lowest BCUT2D eigenvalue weighted by molar-refractivity contribution is 0.304. The predicted octanol–water partition coefficient (Wildman–Crippen LogP) is -0.0147. The van der Waals surface area contributed by atoms with E-state index >= 15 is 0 Å². The maximum absolute atomic E-state index is 5.42. The van der Waals surface area contributed by atoms with Crippen LogP contribution in [-0.2, 0) is 6.54 Å². The van der Waals surface area contributed by atoms with Gasteiger partial charge in [-0.05, 0) is 5.16 Å². The van der Waals surface area contributed by atoms with E-state index in [4.69, 9.17) is 5.73 Å². The first kappa shape index (κ1) is 7.81. The molecule has 2 heterocycles. The summed E-state index contributed by atoms with van der Waals surface area (Å²) in [5, 5.41) is 7.32. The minimum Gasteiger partial charge on any atom is -0.325 e. The molecule has 2 aromatic rings. The first-order chi connectivity index (χ1) is 6.42. The summed E-state index contributed by atoms with van der Waals surface area (Å²) in [6.07, 6.45) is 4.74. The Balaban J connectivity index is 2.47. The lowest BCUT2D eigenvalue weighted by Gasteiger charge is -1.93. The smallest absolute Gasteiger partial charge is 0.159 e. The molecule has 2 rings (SSSR count). The number of hydrogen-bond acceptors (Lipinski definition) is 6. The maximum atomic E-state index is 5.42. The van der Waals surface area contributed by atoms with Crippen molar-refractivity contribution in [1.82, 2.24) is 20.3 Å². The van der Waals surface area contributed by atoms with Crippen molar-refractivity contribution in [2.24, 2.45) is 5.73 Å².